The summed E-state index contributed by atoms with van der Waals surface area (Å²) in [6.45, 7) is 11.0. The molecule has 0 saturated carbocycles. The number of hydrogen-bond donors (Lipinski definition) is 1. The van der Waals surface area contributed by atoms with Crippen LogP contribution < -0.4 is 10.2 Å². The molecule has 0 bridgehead atoms. The van der Waals surface area contributed by atoms with Gasteiger partial charge in [-0.3, -0.25) is 4.79 Å². The van der Waals surface area contributed by atoms with Crippen molar-refractivity contribution >= 4 is 35.1 Å². The van der Waals surface area contributed by atoms with Crippen molar-refractivity contribution in [2.75, 3.05) is 44.3 Å². The predicted octanol–water partition coefficient (Wildman–Crippen LogP) is 2.20. The van der Waals surface area contributed by atoms with E-state index in [2.05, 4.69) is 34.5 Å². The summed E-state index contributed by atoms with van der Waals surface area (Å²) < 4.78 is 12.1. The Morgan fingerprint density at radius 3 is 2.52 bits per heavy atom. The molecule has 4 rings (SSSR count). The topological polar surface area (TPSA) is 94.4 Å². The fourth-order valence-electron chi connectivity index (χ4n) is 3.37. The van der Waals surface area contributed by atoms with Gasteiger partial charge in [-0.25, -0.2) is 4.98 Å². The molecule has 29 heavy (non-hydrogen) atoms. The average Bonchev–Trinajstić information content (AvgIpc) is 3.12. The molecule has 1 N–H and O–H groups in total. The molecule has 2 fully saturated rings. The van der Waals surface area contributed by atoms with Crippen LogP contribution in [-0.4, -0.2) is 71.0 Å². The van der Waals surface area contributed by atoms with Gasteiger partial charge in [0.05, 0.1) is 19.5 Å². The predicted molar refractivity (Wildman–Crippen MR) is 111 cm³/mol. The minimum atomic E-state index is -0.318. The number of rotatable bonds is 3. The van der Waals surface area contributed by atoms with Crippen molar-refractivity contribution in [3.63, 3.8) is 0 Å². The second-order valence-corrected chi connectivity index (χ2v) is 8.39. The van der Waals surface area contributed by atoms with Crippen molar-refractivity contribution in [1.29, 1.82) is 0 Å². The number of carbonyl (C=O) groups is 1. The first-order valence-corrected chi connectivity index (χ1v) is 10.3. The van der Waals surface area contributed by atoms with Crippen LogP contribution in [0.2, 0.25) is 5.28 Å². The molecule has 2 aromatic heterocycles. The van der Waals surface area contributed by atoms with Crippen LogP contribution in [0.15, 0.2) is 6.33 Å². The van der Waals surface area contributed by atoms with E-state index in [1.807, 2.05) is 27.1 Å². The minimum absolute atomic E-state index is 0.282. The fraction of sp³-hybridized carbons (Fsp3) is 0.684. The van der Waals surface area contributed by atoms with Crippen molar-refractivity contribution in [3.05, 3.63) is 11.6 Å². The molecular formula is C19H29ClN6O3. The van der Waals surface area contributed by atoms with Gasteiger partial charge in [-0.15, -0.1) is 0 Å². The van der Waals surface area contributed by atoms with Gasteiger partial charge in [-0.2, -0.15) is 9.97 Å². The molecule has 0 radical (unpaired) electrons. The zero-order chi connectivity index (χ0) is 20.9. The Kier molecular flexibility index (Phi) is 7.26. The Morgan fingerprint density at radius 2 is 1.93 bits per heavy atom. The Morgan fingerprint density at radius 1 is 1.24 bits per heavy atom. The number of aromatic nitrogens is 4. The van der Waals surface area contributed by atoms with Gasteiger partial charge in [0.15, 0.2) is 17.0 Å². The molecule has 2 aliphatic heterocycles. The van der Waals surface area contributed by atoms with Gasteiger partial charge >= 0.3 is 0 Å². The summed E-state index contributed by atoms with van der Waals surface area (Å²) >= 11 is 6.18. The molecule has 9 nitrogen and oxygen atoms in total. The molecule has 0 unspecified atom stereocenters. The smallest absolute Gasteiger partial charge is 0.293 e. The van der Waals surface area contributed by atoms with Crippen molar-refractivity contribution in [1.82, 2.24) is 24.8 Å². The van der Waals surface area contributed by atoms with Crippen LogP contribution in [0.5, 0.6) is 0 Å². The zero-order valence-electron chi connectivity index (χ0n) is 17.2. The summed E-state index contributed by atoms with van der Waals surface area (Å²) in [6.07, 6.45) is 4.05. The van der Waals surface area contributed by atoms with Gasteiger partial charge in [0.2, 0.25) is 5.28 Å². The summed E-state index contributed by atoms with van der Waals surface area (Å²) in [6, 6.07) is 0.426. The molecule has 0 aromatic carbocycles. The normalized spacial score (nSPS) is 18.3. The molecule has 4 heterocycles. The fourth-order valence-corrected chi connectivity index (χ4v) is 3.53. The first kappa shape index (κ1) is 21.7. The molecular weight excluding hydrogens is 396 g/mol. The van der Waals surface area contributed by atoms with Crippen molar-refractivity contribution < 1.29 is 14.3 Å². The number of hydrogen-bond acceptors (Lipinski definition) is 8. The third-order valence-electron chi connectivity index (χ3n) is 4.79. The number of fused-ring (bicyclic) bond motifs is 1. The number of halogens is 1. The van der Waals surface area contributed by atoms with Crippen molar-refractivity contribution in [2.24, 2.45) is 0 Å². The highest BCUT2D eigenvalue weighted by Gasteiger charge is 2.23. The highest BCUT2D eigenvalue weighted by atomic mass is 35.5. The molecule has 2 aromatic rings. The lowest BCUT2D eigenvalue weighted by molar-refractivity contribution is -0.138. The first-order valence-electron chi connectivity index (χ1n) is 9.94. The van der Waals surface area contributed by atoms with E-state index < -0.39 is 0 Å². The summed E-state index contributed by atoms with van der Waals surface area (Å²) in [5.41, 5.74) is 1.36. The number of anilines is 1. The maximum Gasteiger partial charge on any atom is 0.293 e. The molecule has 0 spiro atoms. The van der Waals surface area contributed by atoms with Crippen LogP contribution in [0.4, 0.5) is 5.82 Å². The van der Waals surface area contributed by atoms with E-state index in [1.165, 1.54) is 0 Å². The van der Waals surface area contributed by atoms with E-state index in [9.17, 15) is 4.79 Å². The number of piperidine rings is 1. The van der Waals surface area contributed by atoms with Crippen LogP contribution in [-0.2, 0) is 14.3 Å². The van der Waals surface area contributed by atoms with E-state index in [0.29, 0.717) is 25.7 Å². The molecule has 0 aliphatic carbocycles. The third-order valence-corrected chi connectivity index (χ3v) is 4.96. The lowest BCUT2D eigenvalue weighted by Crippen LogP contribution is -2.37. The standard InChI is InChI=1S/C14H19ClN6O.C5H10O2/c15-14-18-12(20-5-7-22-8-6-20)11-13(19-14)21(9-17-11)10-1-3-16-4-2-10;1-5(2,3)7-4-6/h9-10,16H,1-8H2;4H,1-3H3. The van der Waals surface area contributed by atoms with E-state index >= 15 is 0 Å². The summed E-state index contributed by atoms with van der Waals surface area (Å²) in [5.74, 6) is 0.825. The van der Waals surface area contributed by atoms with Gasteiger partial charge in [0, 0.05) is 19.1 Å². The third kappa shape index (κ3) is 5.77. The summed E-state index contributed by atoms with van der Waals surface area (Å²) in [7, 11) is 0. The van der Waals surface area contributed by atoms with Crippen LogP contribution >= 0.6 is 11.6 Å². The van der Waals surface area contributed by atoms with Crippen LogP contribution in [0.25, 0.3) is 11.2 Å². The Bertz CT molecular complexity index is 810. The molecule has 0 amide bonds. The molecule has 2 saturated heterocycles. The van der Waals surface area contributed by atoms with Crippen molar-refractivity contribution in [2.45, 2.75) is 45.3 Å². The second-order valence-electron chi connectivity index (χ2n) is 8.05. The van der Waals surface area contributed by atoms with Gasteiger partial charge < -0.3 is 24.3 Å². The quantitative estimate of drug-likeness (QED) is 0.592. The van der Waals surface area contributed by atoms with Gasteiger partial charge in [0.1, 0.15) is 5.60 Å². The Labute approximate surface area is 175 Å². The van der Waals surface area contributed by atoms with Gasteiger partial charge in [0.25, 0.3) is 6.47 Å². The van der Waals surface area contributed by atoms with Crippen LogP contribution in [0.3, 0.4) is 0 Å². The van der Waals surface area contributed by atoms with Crippen molar-refractivity contribution in [3.8, 4) is 0 Å². The monoisotopic (exact) mass is 424 g/mol. The lowest BCUT2D eigenvalue weighted by atomic mass is 10.1. The van der Waals surface area contributed by atoms with Gasteiger partial charge in [-0.1, -0.05) is 0 Å². The maximum absolute atomic E-state index is 9.60. The number of morpholine rings is 1. The average molecular weight is 425 g/mol. The largest absolute Gasteiger partial charge is 0.462 e. The van der Waals surface area contributed by atoms with E-state index in [1.54, 1.807) is 0 Å². The molecule has 160 valence electrons. The zero-order valence-corrected chi connectivity index (χ0v) is 18.0. The summed E-state index contributed by atoms with van der Waals surface area (Å²) in [4.78, 5) is 25.2. The van der Waals surface area contributed by atoms with E-state index in [0.717, 1.165) is 56.0 Å². The van der Waals surface area contributed by atoms with Gasteiger partial charge in [-0.05, 0) is 58.3 Å². The number of imidazole rings is 1. The van der Waals surface area contributed by atoms with Crippen LogP contribution in [0.1, 0.15) is 39.7 Å². The lowest BCUT2D eigenvalue weighted by Gasteiger charge is -2.28. The number of ether oxygens (including phenoxy) is 2. The molecule has 0 atom stereocenters. The summed E-state index contributed by atoms with van der Waals surface area (Å²) in [5, 5.41) is 3.67. The second kappa shape index (κ2) is 9.69. The Hall–Kier alpha value is -1.97. The maximum atomic E-state index is 9.60. The van der Waals surface area contributed by atoms with E-state index in [4.69, 9.17) is 16.3 Å². The first-order chi connectivity index (χ1) is 13.9. The highest BCUT2D eigenvalue weighted by Crippen LogP contribution is 2.29. The number of carbonyl (C=O) groups excluding carboxylic acids is 1. The van der Waals surface area contributed by atoms with E-state index in [-0.39, 0.29) is 10.9 Å². The van der Waals surface area contributed by atoms with Crippen LogP contribution in [0, 0.1) is 0 Å². The minimum Gasteiger partial charge on any atom is -0.462 e. The molecule has 2 aliphatic rings. The number of nitrogens with one attached hydrogen (secondary N) is 1. The SMILES string of the molecule is CC(C)(C)OC=O.Clc1nc(N2CCOCC2)c2ncn(C3CCNCC3)c2n1. The highest BCUT2D eigenvalue weighted by molar-refractivity contribution is 6.28. The Balaban J connectivity index is 0.000000298. The molecule has 10 heteroatoms. The number of nitrogens with zero attached hydrogens (tertiary/aromatic N) is 5.